The van der Waals surface area contributed by atoms with Crippen molar-refractivity contribution < 1.29 is 9.18 Å². The summed E-state index contributed by atoms with van der Waals surface area (Å²) in [6, 6.07) is 20.0. The van der Waals surface area contributed by atoms with Crippen LogP contribution >= 0.6 is 11.8 Å². The third-order valence-electron chi connectivity index (χ3n) is 3.22. The van der Waals surface area contributed by atoms with Gasteiger partial charge in [-0.2, -0.15) is 0 Å². The monoisotopic (exact) mass is 311 g/mol. The zero-order chi connectivity index (χ0) is 15.4. The minimum atomic E-state index is -0.316. The average molecular weight is 311 g/mol. The highest BCUT2D eigenvalue weighted by atomic mass is 32.2. The molecular formula is C18H14FNOS. The van der Waals surface area contributed by atoms with Crippen molar-refractivity contribution >= 4 is 34.1 Å². The first kappa shape index (κ1) is 14.6. The van der Waals surface area contributed by atoms with Gasteiger partial charge in [-0.05, 0) is 47.2 Å². The van der Waals surface area contributed by atoms with Crippen molar-refractivity contribution in [3.63, 3.8) is 0 Å². The van der Waals surface area contributed by atoms with E-state index in [0.717, 1.165) is 10.3 Å². The van der Waals surface area contributed by atoms with Gasteiger partial charge in [0.25, 0.3) is 0 Å². The summed E-state index contributed by atoms with van der Waals surface area (Å²) >= 11 is 1.48. The second-order valence-corrected chi connectivity index (χ2v) is 5.90. The lowest BCUT2D eigenvalue weighted by Crippen LogP contribution is -2.13. The van der Waals surface area contributed by atoms with E-state index in [4.69, 9.17) is 0 Å². The third-order valence-corrected chi connectivity index (χ3v) is 4.21. The molecule has 0 aromatic heterocycles. The zero-order valence-electron chi connectivity index (χ0n) is 11.8. The predicted octanol–water partition coefficient (Wildman–Crippen LogP) is 4.71. The van der Waals surface area contributed by atoms with Crippen LogP contribution in [0.5, 0.6) is 0 Å². The molecule has 1 amide bonds. The molecule has 0 aliphatic carbocycles. The quantitative estimate of drug-likeness (QED) is 0.707. The van der Waals surface area contributed by atoms with Crippen LogP contribution in [0.25, 0.3) is 10.8 Å². The minimum Gasteiger partial charge on any atom is -0.325 e. The fraction of sp³-hybridized carbons (Fsp3) is 0.0556. The highest BCUT2D eigenvalue weighted by Crippen LogP contribution is 2.23. The molecule has 3 aromatic rings. The van der Waals surface area contributed by atoms with Crippen LogP contribution in [-0.2, 0) is 4.79 Å². The van der Waals surface area contributed by atoms with Crippen LogP contribution in [0.15, 0.2) is 71.6 Å². The lowest BCUT2D eigenvalue weighted by Gasteiger charge is -2.06. The predicted molar refractivity (Wildman–Crippen MR) is 89.7 cm³/mol. The number of thioether (sulfide) groups is 1. The van der Waals surface area contributed by atoms with E-state index >= 15 is 0 Å². The molecule has 0 unspecified atom stereocenters. The molecule has 110 valence electrons. The molecule has 4 heteroatoms. The van der Waals surface area contributed by atoms with Gasteiger partial charge in [-0.3, -0.25) is 4.79 Å². The largest absolute Gasteiger partial charge is 0.325 e. The molecule has 0 saturated carbocycles. The lowest BCUT2D eigenvalue weighted by molar-refractivity contribution is -0.113. The molecule has 0 saturated heterocycles. The van der Waals surface area contributed by atoms with Gasteiger partial charge in [-0.1, -0.05) is 30.3 Å². The van der Waals surface area contributed by atoms with Gasteiger partial charge in [0.1, 0.15) is 5.82 Å². The number of halogens is 1. The van der Waals surface area contributed by atoms with E-state index in [0.29, 0.717) is 11.4 Å². The first-order valence-electron chi connectivity index (χ1n) is 6.88. The van der Waals surface area contributed by atoms with Crippen LogP contribution in [0.2, 0.25) is 0 Å². The van der Waals surface area contributed by atoms with Crippen molar-refractivity contribution in [3.8, 4) is 0 Å². The number of carbonyl (C=O) groups is 1. The molecule has 0 heterocycles. The molecule has 0 fully saturated rings. The second-order valence-electron chi connectivity index (χ2n) is 4.85. The van der Waals surface area contributed by atoms with Gasteiger partial charge in [-0.25, -0.2) is 4.39 Å². The molecule has 0 aliphatic rings. The van der Waals surface area contributed by atoms with Gasteiger partial charge in [-0.15, -0.1) is 11.8 Å². The molecule has 0 atom stereocenters. The Labute approximate surface area is 132 Å². The highest BCUT2D eigenvalue weighted by molar-refractivity contribution is 8.00. The van der Waals surface area contributed by atoms with Crippen molar-refractivity contribution in [1.29, 1.82) is 0 Å². The molecule has 3 aromatic carbocycles. The van der Waals surface area contributed by atoms with E-state index in [1.54, 1.807) is 12.1 Å². The number of nitrogens with one attached hydrogen (secondary N) is 1. The van der Waals surface area contributed by atoms with Crippen molar-refractivity contribution in [2.24, 2.45) is 0 Å². The van der Waals surface area contributed by atoms with E-state index in [2.05, 4.69) is 29.6 Å². The fourth-order valence-electron chi connectivity index (χ4n) is 2.14. The first-order chi connectivity index (χ1) is 10.7. The Kier molecular flexibility index (Phi) is 4.39. The number of benzene rings is 3. The number of carbonyl (C=O) groups excluding carboxylic acids is 1. The highest BCUT2D eigenvalue weighted by Gasteiger charge is 2.04. The maximum atomic E-state index is 12.8. The Hall–Kier alpha value is -2.33. The summed E-state index contributed by atoms with van der Waals surface area (Å²) in [5, 5.41) is 5.09. The van der Waals surface area contributed by atoms with Crippen LogP contribution in [0, 0.1) is 5.82 Å². The number of amides is 1. The van der Waals surface area contributed by atoms with E-state index in [1.165, 1.54) is 29.3 Å². The molecule has 0 aliphatic heterocycles. The summed E-state index contributed by atoms with van der Waals surface area (Å²) in [5.41, 5.74) is 0.602. The van der Waals surface area contributed by atoms with Gasteiger partial charge in [0.05, 0.1) is 5.75 Å². The van der Waals surface area contributed by atoms with Crippen molar-refractivity contribution in [3.05, 3.63) is 72.5 Å². The molecule has 0 bridgehead atoms. The number of fused-ring (bicyclic) bond motifs is 1. The van der Waals surface area contributed by atoms with Gasteiger partial charge in [0, 0.05) is 10.6 Å². The van der Waals surface area contributed by atoms with Crippen LogP contribution in [0.1, 0.15) is 0 Å². The molecular weight excluding hydrogens is 297 g/mol. The van der Waals surface area contributed by atoms with Crippen LogP contribution in [0.3, 0.4) is 0 Å². The van der Waals surface area contributed by atoms with Crippen LogP contribution < -0.4 is 5.32 Å². The normalized spacial score (nSPS) is 10.6. The molecule has 0 spiro atoms. The first-order valence-corrected chi connectivity index (χ1v) is 7.86. The van der Waals surface area contributed by atoms with Crippen LogP contribution in [0.4, 0.5) is 10.1 Å². The third kappa shape index (κ3) is 3.65. The van der Waals surface area contributed by atoms with Crippen LogP contribution in [-0.4, -0.2) is 11.7 Å². The SMILES string of the molecule is O=C(CSc1ccc2ccccc2c1)Nc1ccc(F)cc1. The van der Waals surface area contributed by atoms with Gasteiger partial charge in [0.2, 0.25) is 5.91 Å². The van der Waals surface area contributed by atoms with Gasteiger partial charge in [0.15, 0.2) is 0 Å². The van der Waals surface area contributed by atoms with E-state index < -0.39 is 0 Å². The summed E-state index contributed by atoms with van der Waals surface area (Å²) in [7, 11) is 0. The van der Waals surface area contributed by atoms with Crippen molar-refractivity contribution in [1.82, 2.24) is 0 Å². The Morgan fingerprint density at radius 1 is 0.955 bits per heavy atom. The van der Waals surface area contributed by atoms with Crippen molar-refractivity contribution in [2.75, 3.05) is 11.1 Å². The Bertz CT molecular complexity index is 802. The van der Waals surface area contributed by atoms with Gasteiger partial charge >= 0.3 is 0 Å². The molecule has 3 rings (SSSR count). The minimum absolute atomic E-state index is 0.107. The summed E-state index contributed by atoms with van der Waals surface area (Å²) < 4.78 is 12.8. The number of hydrogen-bond donors (Lipinski definition) is 1. The average Bonchev–Trinajstić information content (AvgIpc) is 2.55. The lowest BCUT2D eigenvalue weighted by atomic mass is 10.1. The summed E-state index contributed by atoms with van der Waals surface area (Å²) in [4.78, 5) is 13.0. The maximum Gasteiger partial charge on any atom is 0.234 e. The summed E-state index contributed by atoms with van der Waals surface area (Å²) in [6.07, 6.45) is 0. The zero-order valence-corrected chi connectivity index (χ0v) is 12.6. The molecule has 2 nitrogen and oxygen atoms in total. The molecule has 1 N–H and O–H groups in total. The maximum absolute atomic E-state index is 12.8. The number of rotatable bonds is 4. The van der Waals surface area contributed by atoms with Crippen molar-refractivity contribution in [2.45, 2.75) is 4.90 Å². The summed E-state index contributed by atoms with van der Waals surface area (Å²) in [5.74, 6) is -0.108. The Morgan fingerprint density at radius 2 is 1.68 bits per heavy atom. The number of anilines is 1. The molecule has 0 radical (unpaired) electrons. The smallest absolute Gasteiger partial charge is 0.234 e. The topological polar surface area (TPSA) is 29.1 Å². The Morgan fingerprint density at radius 3 is 2.45 bits per heavy atom. The molecule has 22 heavy (non-hydrogen) atoms. The van der Waals surface area contributed by atoms with Gasteiger partial charge < -0.3 is 5.32 Å². The van der Waals surface area contributed by atoms with E-state index in [-0.39, 0.29) is 11.7 Å². The second kappa shape index (κ2) is 6.62. The Balaban J connectivity index is 1.60. The summed E-state index contributed by atoms with van der Waals surface area (Å²) in [6.45, 7) is 0. The fourth-order valence-corrected chi connectivity index (χ4v) is 2.88. The van der Waals surface area contributed by atoms with E-state index in [9.17, 15) is 9.18 Å². The van der Waals surface area contributed by atoms with E-state index in [1.807, 2.05) is 18.2 Å². The number of hydrogen-bond acceptors (Lipinski definition) is 2. The standard InChI is InChI=1S/C18H14FNOS/c19-15-6-8-16(9-7-15)20-18(21)12-22-17-10-5-13-3-1-2-4-14(13)11-17/h1-11H,12H2,(H,20,21).